The van der Waals surface area contributed by atoms with Gasteiger partial charge in [0.2, 0.25) is 5.95 Å². The summed E-state index contributed by atoms with van der Waals surface area (Å²) in [6, 6.07) is 22.3. The second kappa shape index (κ2) is 7.14. The Kier molecular flexibility index (Phi) is 4.33. The van der Waals surface area contributed by atoms with E-state index in [2.05, 4.69) is 45.1 Å². The Bertz CT molecular complexity index is 1180. The molecule has 1 aromatic heterocycles. The van der Waals surface area contributed by atoms with Crippen LogP contribution >= 0.6 is 11.6 Å². The lowest BCUT2D eigenvalue weighted by Crippen LogP contribution is -2.21. The van der Waals surface area contributed by atoms with Crippen LogP contribution in [0.4, 0.5) is 10.3 Å². The lowest BCUT2D eigenvalue weighted by atomic mass is 9.99. The molecular weight excluding hydrogens is 389 g/mol. The largest absolute Gasteiger partial charge is 0.323 e. The monoisotopic (exact) mass is 403 g/mol. The van der Waals surface area contributed by atoms with Crippen molar-refractivity contribution in [2.24, 2.45) is 0 Å². The molecule has 0 radical (unpaired) electrons. The summed E-state index contributed by atoms with van der Waals surface area (Å²) in [6.07, 6.45) is 1.88. The number of benzene rings is 3. The van der Waals surface area contributed by atoms with Crippen LogP contribution in [0, 0.1) is 5.82 Å². The van der Waals surface area contributed by atoms with Crippen LogP contribution in [0.2, 0.25) is 5.02 Å². The predicted octanol–water partition coefficient (Wildman–Crippen LogP) is 5.19. The smallest absolute Gasteiger partial charge is 0.248 e. The molecule has 0 saturated heterocycles. The van der Waals surface area contributed by atoms with Crippen molar-refractivity contribution in [2.75, 3.05) is 5.32 Å². The fourth-order valence-electron chi connectivity index (χ4n) is 3.49. The molecule has 1 atom stereocenters. The molecule has 5 rings (SSSR count). The van der Waals surface area contributed by atoms with Crippen LogP contribution < -0.4 is 5.32 Å². The van der Waals surface area contributed by atoms with Gasteiger partial charge in [-0.2, -0.15) is 4.68 Å². The van der Waals surface area contributed by atoms with Gasteiger partial charge in [0.15, 0.2) is 0 Å². The maximum atomic E-state index is 14.6. The maximum absolute atomic E-state index is 14.6. The molecule has 2 heterocycles. The van der Waals surface area contributed by atoms with Crippen LogP contribution in [0.1, 0.15) is 17.2 Å². The van der Waals surface area contributed by atoms with Crippen molar-refractivity contribution in [3.05, 3.63) is 101 Å². The molecule has 0 aliphatic carbocycles. The Hall–Kier alpha value is -3.51. The van der Waals surface area contributed by atoms with Gasteiger partial charge in [0.05, 0.1) is 0 Å². The second-order valence-electron chi connectivity index (χ2n) is 6.68. The minimum Gasteiger partial charge on any atom is -0.323 e. The van der Waals surface area contributed by atoms with Gasteiger partial charge in [-0.1, -0.05) is 77.4 Å². The topological polar surface area (TPSA) is 55.6 Å². The number of nitrogens with zero attached hydrogens (tertiary/aromatic N) is 4. The highest BCUT2D eigenvalue weighted by atomic mass is 35.5. The van der Waals surface area contributed by atoms with Gasteiger partial charge in [0.25, 0.3) is 0 Å². The average Bonchev–Trinajstić information content (AvgIpc) is 3.23. The minimum atomic E-state index is -0.557. The number of tetrazole rings is 1. The number of halogens is 2. The third kappa shape index (κ3) is 3.17. The summed E-state index contributed by atoms with van der Waals surface area (Å²) in [6.45, 7) is 0. The van der Waals surface area contributed by atoms with Crippen LogP contribution in [0.5, 0.6) is 0 Å². The summed E-state index contributed by atoms with van der Waals surface area (Å²) in [5.74, 6) is 0.0276. The zero-order chi connectivity index (χ0) is 19.8. The van der Waals surface area contributed by atoms with Gasteiger partial charge >= 0.3 is 0 Å². The molecule has 0 unspecified atom stereocenters. The number of hydrogen-bond donors (Lipinski definition) is 1. The van der Waals surface area contributed by atoms with Gasteiger partial charge in [-0.15, -0.1) is 0 Å². The van der Waals surface area contributed by atoms with Crippen LogP contribution in [-0.2, 0) is 0 Å². The summed E-state index contributed by atoms with van der Waals surface area (Å²) < 4.78 is 16.1. The lowest BCUT2D eigenvalue weighted by Gasteiger charge is -2.24. The third-order valence-corrected chi connectivity index (χ3v) is 5.26. The van der Waals surface area contributed by atoms with E-state index >= 15 is 0 Å². The van der Waals surface area contributed by atoms with Crippen molar-refractivity contribution in [3.63, 3.8) is 0 Å². The van der Waals surface area contributed by atoms with E-state index in [1.54, 1.807) is 12.1 Å². The molecular formula is C22H15ClFN5. The van der Waals surface area contributed by atoms with Gasteiger partial charge in [-0.25, -0.2) is 4.39 Å². The minimum absolute atomic E-state index is 0.327. The van der Waals surface area contributed by atoms with Gasteiger partial charge in [0, 0.05) is 16.3 Å². The SMILES string of the molecule is Fc1cccc(Cl)c1[C@H]1C=C(c2ccc(-c3ccccc3)cc2)Nc2nnnn21. The standard InChI is InChI=1S/C22H15ClFN5/c23-17-7-4-8-18(24)21(17)20-13-19(25-22-26-27-28-29(20)22)16-11-9-15(10-12-16)14-5-2-1-3-6-14/h1-13,20H,(H,25,26,28)/t20-/m1/s1. The highest BCUT2D eigenvalue weighted by Crippen LogP contribution is 2.36. The molecule has 7 heteroatoms. The Morgan fingerprint density at radius 3 is 2.34 bits per heavy atom. The molecule has 4 aromatic rings. The van der Waals surface area contributed by atoms with E-state index in [0.717, 1.165) is 22.4 Å². The zero-order valence-corrected chi connectivity index (χ0v) is 15.9. The van der Waals surface area contributed by atoms with Gasteiger partial charge in [-0.3, -0.25) is 0 Å². The van der Waals surface area contributed by atoms with E-state index in [4.69, 9.17) is 11.6 Å². The summed E-state index contributed by atoms with van der Waals surface area (Å²) >= 11 is 6.31. The molecule has 5 nitrogen and oxygen atoms in total. The van der Waals surface area contributed by atoms with Gasteiger partial charge in [0.1, 0.15) is 11.9 Å². The molecule has 1 N–H and O–H groups in total. The van der Waals surface area contributed by atoms with E-state index in [9.17, 15) is 4.39 Å². The fourth-order valence-corrected chi connectivity index (χ4v) is 3.77. The first-order valence-corrected chi connectivity index (χ1v) is 9.45. The maximum Gasteiger partial charge on any atom is 0.248 e. The van der Waals surface area contributed by atoms with Crippen molar-refractivity contribution < 1.29 is 4.39 Å². The molecule has 0 amide bonds. The first-order valence-electron chi connectivity index (χ1n) is 9.07. The summed E-state index contributed by atoms with van der Waals surface area (Å²) in [4.78, 5) is 0. The fraction of sp³-hybridized carbons (Fsp3) is 0.0455. The first kappa shape index (κ1) is 17.6. The number of allylic oxidation sites excluding steroid dienone is 1. The molecule has 0 bridgehead atoms. The summed E-state index contributed by atoms with van der Waals surface area (Å²) in [7, 11) is 0. The Morgan fingerprint density at radius 2 is 1.59 bits per heavy atom. The summed E-state index contributed by atoms with van der Waals surface area (Å²) in [5.41, 5.74) is 4.32. The predicted molar refractivity (Wildman–Crippen MR) is 111 cm³/mol. The molecule has 0 fully saturated rings. The number of fused-ring (bicyclic) bond motifs is 1. The van der Waals surface area contributed by atoms with Crippen molar-refractivity contribution in [1.29, 1.82) is 0 Å². The van der Waals surface area contributed by atoms with E-state index < -0.39 is 11.9 Å². The van der Waals surface area contributed by atoms with Crippen LogP contribution in [0.25, 0.3) is 16.8 Å². The average molecular weight is 404 g/mol. The molecule has 3 aromatic carbocycles. The molecule has 1 aliphatic rings. The third-order valence-electron chi connectivity index (χ3n) is 4.93. The second-order valence-corrected chi connectivity index (χ2v) is 7.08. The number of aromatic nitrogens is 4. The number of anilines is 1. The highest BCUT2D eigenvalue weighted by molar-refractivity contribution is 6.31. The van der Waals surface area contributed by atoms with E-state index in [1.165, 1.54) is 10.7 Å². The molecule has 142 valence electrons. The van der Waals surface area contributed by atoms with E-state index in [1.807, 2.05) is 36.4 Å². The molecule has 0 spiro atoms. The van der Waals surface area contributed by atoms with E-state index in [-0.39, 0.29) is 0 Å². The molecule has 29 heavy (non-hydrogen) atoms. The van der Waals surface area contributed by atoms with Crippen molar-refractivity contribution >= 4 is 23.2 Å². The van der Waals surface area contributed by atoms with Crippen LogP contribution in [0.3, 0.4) is 0 Å². The van der Waals surface area contributed by atoms with Crippen molar-refractivity contribution in [2.45, 2.75) is 6.04 Å². The van der Waals surface area contributed by atoms with E-state index in [0.29, 0.717) is 16.5 Å². The number of nitrogens with one attached hydrogen (secondary N) is 1. The Morgan fingerprint density at radius 1 is 0.862 bits per heavy atom. The van der Waals surface area contributed by atoms with Crippen LogP contribution in [-0.4, -0.2) is 20.2 Å². The lowest BCUT2D eigenvalue weighted by molar-refractivity contribution is 0.540. The normalized spacial score (nSPS) is 15.4. The molecule has 1 aliphatic heterocycles. The number of hydrogen-bond acceptors (Lipinski definition) is 4. The van der Waals surface area contributed by atoms with Crippen molar-refractivity contribution in [3.8, 4) is 11.1 Å². The van der Waals surface area contributed by atoms with Gasteiger partial charge in [-0.05, 0) is 45.3 Å². The highest BCUT2D eigenvalue weighted by Gasteiger charge is 2.28. The first-order chi connectivity index (χ1) is 14.2. The Labute approximate surface area is 171 Å². The molecule has 0 saturated carbocycles. The zero-order valence-electron chi connectivity index (χ0n) is 15.1. The van der Waals surface area contributed by atoms with Crippen molar-refractivity contribution in [1.82, 2.24) is 20.2 Å². The summed E-state index contributed by atoms with van der Waals surface area (Å²) in [5, 5.41) is 15.3. The Balaban J connectivity index is 1.56. The van der Waals surface area contributed by atoms with Crippen LogP contribution in [0.15, 0.2) is 78.9 Å². The number of rotatable bonds is 3. The quantitative estimate of drug-likeness (QED) is 0.511. The van der Waals surface area contributed by atoms with Gasteiger partial charge < -0.3 is 5.32 Å².